The molecular formula is C22H25N3O6S2. The summed E-state index contributed by atoms with van der Waals surface area (Å²) in [5.41, 5.74) is 1.52. The van der Waals surface area contributed by atoms with Gasteiger partial charge in [0.2, 0.25) is 15.9 Å². The minimum absolute atomic E-state index is 0.0176. The second-order valence-electron chi connectivity index (χ2n) is 7.80. The van der Waals surface area contributed by atoms with Crippen molar-refractivity contribution in [2.24, 2.45) is 5.14 Å². The van der Waals surface area contributed by atoms with E-state index in [1.54, 1.807) is 38.4 Å². The summed E-state index contributed by atoms with van der Waals surface area (Å²) in [4.78, 5) is 40.9. The maximum atomic E-state index is 12.9. The summed E-state index contributed by atoms with van der Waals surface area (Å²) < 4.78 is 28.5. The van der Waals surface area contributed by atoms with Crippen LogP contribution in [0.5, 0.6) is 0 Å². The van der Waals surface area contributed by atoms with Crippen LogP contribution in [0, 0.1) is 0 Å². The van der Waals surface area contributed by atoms with Crippen molar-refractivity contribution in [3.63, 3.8) is 0 Å². The molecule has 0 unspecified atom stereocenters. The van der Waals surface area contributed by atoms with Crippen molar-refractivity contribution in [1.82, 2.24) is 4.90 Å². The fourth-order valence-corrected chi connectivity index (χ4v) is 5.05. The van der Waals surface area contributed by atoms with E-state index in [4.69, 9.17) is 9.88 Å². The fraction of sp³-hybridized carbons (Fsp3) is 0.318. The van der Waals surface area contributed by atoms with E-state index in [2.05, 4.69) is 0 Å². The van der Waals surface area contributed by atoms with Crippen LogP contribution < -0.4 is 10.0 Å². The van der Waals surface area contributed by atoms with Crippen LogP contribution in [-0.2, 0) is 30.8 Å². The molecule has 1 atom stereocenters. The number of ether oxygens (including phenoxy) is 1. The molecule has 0 radical (unpaired) electrons. The van der Waals surface area contributed by atoms with Crippen LogP contribution in [0.1, 0.15) is 22.8 Å². The molecule has 176 valence electrons. The molecule has 1 aliphatic heterocycles. The molecule has 0 bridgehead atoms. The van der Waals surface area contributed by atoms with Gasteiger partial charge in [0.1, 0.15) is 0 Å². The minimum Gasteiger partial charge on any atom is -0.452 e. The Morgan fingerprint density at radius 3 is 2.55 bits per heavy atom. The van der Waals surface area contributed by atoms with Gasteiger partial charge in [-0.2, -0.15) is 0 Å². The van der Waals surface area contributed by atoms with Crippen LogP contribution in [-0.4, -0.2) is 63.6 Å². The van der Waals surface area contributed by atoms with Gasteiger partial charge in [-0.1, -0.05) is 12.1 Å². The van der Waals surface area contributed by atoms with Crippen LogP contribution in [0.15, 0.2) is 52.3 Å². The van der Waals surface area contributed by atoms with Gasteiger partial charge >= 0.3 is 5.97 Å². The molecule has 33 heavy (non-hydrogen) atoms. The molecule has 11 heteroatoms. The molecule has 1 aliphatic rings. The number of hydrogen-bond acceptors (Lipinski definition) is 7. The lowest BCUT2D eigenvalue weighted by Gasteiger charge is -2.22. The summed E-state index contributed by atoms with van der Waals surface area (Å²) in [5, 5.41) is 5.19. The zero-order chi connectivity index (χ0) is 24.3. The molecule has 0 fully saturated rings. The normalized spacial score (nSPS) is 15.2. The first-order valence-corrected chi connectivity index (χ1v) is 12.6. The summed E-state index contributed by atoms with van der Waals surface area (Å²) >= 11 is 1.22. The molecule has 0 spiro atoms. The van der Waals surface area contributed by atoms with Crippen molar-refractivity contribution < 1.29 is 27.5 Å². The van der Waals surface area contributed by atoms with Gasteiger partial charge < -0.3 is 14.5 Å². The SMILES string of the molecule is C[C@@H]1Cc2cc(S(N)(=O)=O)ccc2N1C(=O)COC(=O)c1ccccc1SCC(=O)N(C)C. The van der Waals surface area contributed by atoms with E-state index in [9.17, 15) is 22.8 Å². The molecule has 3 rings (SSSR count). The van der Waals surface area contributed by atoms with E-state index in [0.29, 0.717) is 22.6 Å². The number of carbonyl (C=O) groups is 3. The van der Waals surface area contributed by atoms with E-state index < -0.39 is 28.5 Å². The summed E-state index contributed by atoms with van der Waals surface area (Å²) in [6.45, 7) is 1.35. The molecule has 1 heterocycles. The molecule has 9 nitrogen and oxygen atoms in total. The minimum atomic E-state index is -3.85. The molecule has 2 aromatic carbocycles. The van der Waals surface area contributed by atoms with E-state index in [1.807, 2.05) is 6.92 Å². The first kappa shape index (κ1) is 24.7. The number of rotatable bonds is 7. The van der Waals surface area contributed by atoms with Crippen LogP contribution in [0.25, 0.3) is 0 Å². The maximum absolute atomic E-state index is 12.9. The third kappa shape index (κ3) is 5.73. The molecule has 2 aromatic rings. The Labute approximate surface area is 196 Å². The molecule has 0 aromatic heterocycles. The average Bonchev–Trinajstić information content (AvgIpc) is 3.10. The highest BCUT2D eigenvalue weighted by Gasteiger charge is 2.32. The largest absolute Gasteiger partial charge is 0.452 e. The topological polar surface area (TPSA) is 127 Å². The van der Waals surface area contributed by atoms with Gasteiger partial charge in [0.05, 0.1) is 16.2 Å². The molecule has 2 amide bonds. The van der Waals surface area contributed by atoms with Crippen LogP contribution in [0.2, 0.25) is 0 Å². The lowest BCUT2D eigenvalue weighted by molar-refractivity contribution is -0.126. The predicted octanol–water partition coefficient (Wildman–Crippen LogP) is 1.65. The second kappa shape index (κ2) is 9.94. The highest BCUT2D eigenvalue weighted by Crippen LogP contribution is 2.34. The van der Waals surface area contributed by atoms with Crippen molar-refractivity contribution in [1.29, 1.82) is 0 Å². The number of hydrogen-bond donors (Lipinski definition) is 1. The smallest absolute Gasteiger partial charge is 0.339 e. The number of esters is 1. The first-order valence-electron chi connectivity index (χ1n) is 10.1. The van der Waals surface area contributed by atoms with Gasteiger partial charge in [-0.15, -0.1) is 11.8 Å². The number of anilines is 1. The van der Waals surface area contributed by atoms with Crippen LogP contribution >= 0.6 is 11.8 Å². The first-order chi connectivity index (χ1) is 15.5. The molecule has 0 saturated heterocycles. The fourth-order valence-electron chi connectivity index (χ4n) is 3.47. The standard InChI is InChI=1S/C22H25N3O6S2/c1-14-10-15-11-16(33(23,29)30)8-9-18(15)25(14)20(26)12-31-22(28)17-6-4-5-7-19(17)32-13-21(27)24(2)3/h4-9,11,14H,10,12-13H2,1-3H3,(H2,23,29,30)/t14-/m1/s1. The Hall–Kier alpha value is -2.89. The second-order valence-corrected chi connectivity index (χ2v) is 10.4. The number of nitrogens with two attached hydrogens (primary N) is 1. The predicted molar refractivity (Wildman–Crippen MR) is 125 cm³/mol. The molecule has 2 N–H and O–H groups in total. The zero-order valence-electron chi connectivity index (χ0n) is 18.5. The van der Waals surface area contributed by atoms with Gasteiger partial charge in [-0.25, -0.2) is 18.4 Å². The number of sulfonamides is 1. The van der Waals surface area contributed by atoms with E-state index in [0.717, 1.165) is 0 Å². The Bertz CT molecular complexity index is 1200. The number of primary sulfonamides is 1. The number of amides is 2. The Kier molecular flexibility index (Phi) is 7.45. The lowest BCUT2D eigenvalue weighted by Crippen LogP contribution is -2.38. The van der Waals surface area contributed by atoms with Gasteiger partial charge in [0.15, 0.2) is 6.61 Å². The summed E-state index contributed by atoms with van der Waals surface area (Å²) in [5.74, 6) is -1.02. The van der Waals surface area contributed by atoms with Crippen molar-refractivity contribution >= 4 is 45.3 Å². The van der Waals surface area contributed by atoms with Crippen molar-refractivity contribution in [3.8, 4) is 0 Å². The van der Waals surface area contributed by atoms with E-state index in [-0.39, 0.29) is 28.2 Å². The Balaban J connectivity index is 1.69. The van der Waals surface area contributed by atoms with Crippen molar-refractivity contribution in [2.75, 3.05) is 31.4 Å². The Morgan fingerprint density at radius 2 is 1.88 bits per heavy atom. The van der Waals surface area contributed by atoms with E-state index >= 15 is 0 Å². The third-order valence-electron chi connectivity index (χ3n) is 5.15. The number of nitrogens with zero attached hydrogens (tertiary/aromatic N) is 2. The summed E-state index contributed by atoms with van der Waals surface area (Å²) in [7, 11) is -0.540. The maximum Gasteiger partial charge on any atom is 0.339 e. The lowest BCUT2D eigenvalue weighted by atomic mass is 10.1. The van der Waals surface area contributed by atoms with E-state index in [1.165, 1.54) is 39.8 Å². The van der Waals surface area contributed by atoms with Crippen molar-refractivity contribution in [2.45, 2.75) is 29.2 Å². The quantitative estimate of drug-likeness (QED) is 0.461. The van der Waals surface area contributed by atoms with Crippen LogP contribution in [0.3, 0.4) is 0 Å². The number of carbonyl (C=O) groups excluding carboxylic acids is 3. The van der Waals surface area contributed by atoms with Gasteiger partial charge in [-0.05, 0) is 49.2 Å². The summed E-state index contributed by atoms with van der Waals surface area (Å²) in [6.07, 6.45) is 0.456. The van der Waals surface area contributed by atoms with Crippen LogP contribution in [0.4, 0.5) is 5.69 Å². The number of thioether (sulfide) groups is 1. The van der Waals surface area contributed by atoms with Gasteiger partial charge in [0, 0.05) is 30.7 Å². The number of fused-ring (bicyclic) bond motifs is 1. The zero-order valence-corrected chi connectivity index (χ0v) is 20.1. The number of benzene rings is 2. The molecule has 0 aliphatic carbocycles. The highest BCUT2D eigenvalue weighted by atomic mass is 32.2. The monoisotopic (exact) mass is 491 g/mol. The Morgan fingerprint density at radius 1 is 1.18 bits per heavy atom. The third-order valence-corrected chi connectivity index (χ3v) is 7.12. The van der Waals surface area contributed by atoms with Gasteiger partial charge in [-0.3, -0.25) is 9.59 Å². The molecular weight excluding hydrogens is 466 g/mol. The molecule has 0 saturated carbocycles. The summed E-state index contributed by atoms with van der Waals surface area (Å²) in [6, 6.07) is 10.8. The van der Waals surface area contributed by atoms with Crippen molar-refractivity contribution in [3.05, 3.63) is 53.6 Å². The highest BCUT2D eigenvalue weighted by molar-refractivity contribution is 8.00. The average molecular weight is 492 g/mol. The van der Waals surface area contributed by atoms with Gasteiger partial charge in [0.25, 0.3) is 5.91 Å².